The molecule has 0 unspecified atom stereocenters. The van der Waals surface area contributed by atoms with Crippen LogP contribution >= 0.6 is 0 Å². The molecular formula is C19H28N3O2. The molecule has 0 spiro atoms. The van der Waals surface area contributed by atoms with Gasteiger partial charge in [0.2, 0.25) is 5.91 Å². The van der Waals surface area contributed by atoms with E-state index in [-0.39, 0.29) is 17.7 Å². The van der Waals surface area contributed by atoms with E-state index < -0.39 is 0 Å². The first kappa shape index (κ1) is 18.6. The van der Waals surface area contributed by atoms with Crippen LogP contribution in [0.2, 0.25) is 0 Å². The van der Waals surface area contributed by atoms with Gasteiger partial charge in [-0.2, -0.15) is 0 Å². The number of rotatable bonds is 6. The highest BCUT2D eigenvalue weighted by molar-refractivity contribution is 5.93. The summed E-state index contributed by atoms with van der Waals surface area (Å²) in [5, 5.41) is 2.87. The van der Waals surface area contributed by atoms with E-state index in [4.69, 9.17) is 0 Å². The van der Waals surface area contributed by atoms with Crippen molar-refractivity contribution in [1.29, 1.82) is 0 Å². The van der Waals surface area contributed by atoms with Crippen molar-refractivity contribution in [3.63, 3.8) is 0 Å². The summed E-state index contributed by atoms with van der Waals surface area (Å²) < 4.78 is 0. The van der Waals surface area contributed by atoms with Gasteiger partial charge in [0.05, 0.1) is 18.3 Å². The van der Waals surface area contributed by atoms with Crippen molar-refractivity contribution in [2.45, 2.75) is 52.6 Å². The zero-order valence-corrected chi connectivity index (χ0v) is 14.9. The molecule has 0 saturated carbocycles. The fourth-order valence-corrected chi connectivity index (χ4v) is 2.87. The molecule has 1 atom stereocenters. The molecule has 2 rings (SSSR count). The summed E-state index contributed by atoms with van der Waals surface area (Å²) in [6.45, 7) is 7.99. The molecule has 0 aliphatic carbocycles. The highest BCUT2D eigenvalue weighted by Gasteiger charge is 2.26. The molecule has 131 valence electrons. The second kappa shape index (κ2) is 8.92. The van der Waals surface area contributed by atoms with Gasteiger partial charge in [0, 0.05) is 18.7 Å². The molecule has 1 aromatic heterocycles. The third kappa shape index (κ3) is 6.04. The van der Waals surface area contributed by atoms with E-state index in [9.17, 15) is 9.59 Å². The van der Waals surface area contributed by atoms with Crippen molar-refractivity contribution < 1.29 is 9.59 Å². The molecule has 5 nitrogen and oxygen atoms in total. The van der Waals surface area contributed by atoms with Gasteiger partial charge in [-0.25, -0.2) is 0 Å². The minimum atomic E-state index is -0.364. The van der Waals surface area contributed by atoms with E-state index in [0.29, 0.717) is 25.4 Å². The number of hydrogen-bond donors (Lipinski definition) is 1. The second-order valence-corrected chi connectivity index (χ2v) is 6.98. The lowest BCUT2D eigenvalue weighted by molar-refractivity contribution is -0.126. The average molecular weight is 330 g/mol. The molecular weight excluding hydrogens is 302 g/mol. The summed E-state index contributed by atoms with van der Waals surface area (Å²) in [5.74, 6) is 0.403. The maximum Gasteiger partial charge on any atom is 0.224 e. The number of hydrogen-bond acceptors (Lipinski definition) is 4. The van der Waals surface area contributed by atoms with Crippen LogP contribution in [0.1, 0.15) is 44.5 Å². The van der Waals surface area contributed by atoms with E-state index in [0.717, 1.165) is 30.8 Å². The Kier molecular flexibility index (Phi) is 6.91. The van der Waals surface area contributed by atoms with Crippen molar-refractivity contribution >= 4 is 11.7 Å². The van der Waals surface area contributed by atoms with E-state index >= 15 is 0 Å². The lowest BCUT2D eigenvalue weighted by Crippen LogP contribution is -2.43. The van der Waals surface area contributed by atoms with Crippen LogP contribution in [0, 0.1) is 19.3 Å². The van der Waals surface area contributed by atoms with Gasteiger partial charge in [0.25, 0.3) is 0 Å². The van der Waals surface area contributed by atoms with Crippen LogP contribution in [0.25, 0.3) is 0 Å². The van der Waals surface area contributed by atoms with Gasteiger partial charge < -0.3 is 5.32 Å². The Labute approximate surface area is 144 Å². The Morgan fingerprint density at radius 2 is 2.25 bits per heavy atom. The summed E-state index contributed by atoms with van der Waals surface area (Å²) in [4.78, 5) is 31.0. The number of amides is 1. The van der Waals surface area contributed by atoms with Gasteiger partial charge in [0.15, 0.2) is 5.78 Å². The SMILES string of the molecule is Cc1cccc(CN2CCC[C@H](NC(=O)[CH]CC(C)C)C(=O)C2)n1. The first-order chi connectivity index (χ1) is 11.4. The number of nitrogens with one attached hydrogen (secondary N) is 1. The quantitative estimate of drug-likeness (QED) is 0.869. The zero-order valence-electron chi connectivity index (χ0n) is 14.9. The monoisotopic (exact) mass is 330 g/mol. The predicted molar refractivity (Wildman–Crippen MR) is 94.2 cm³/mol. The van der Waals surface area contributed by atoms with Crippen molar-refractivity contribution in [1.82, 2.24) is 15.2 Å². The Bertz CT molecular complexity index is 571. The molecule has 1 radical (unpaired) electrons. The van der Waals surface area contributed by atoms with Crippen molar-refractivity contribution in [3.8, 4) is 0 Å². The molecule has 2 heterocycles. The van der Waals surface area contributed by atoms with Crippen LogP contribution < -0.4 is 5.32 Å². The summed E-state index contributed by atoms with van der Waals surface area (Å²) in [5.41, 5.74) is 1.97. The van der Waals surface area contributed by atoms with Crippen molar-refractivity contribution in [3.05, 3.63) is 36.0 Å². The third-order valence-electron chi connectivity index (χ3n) is 4.16. The second-order valence-electron chi connectivity index (χ2n) is 6.98. The molecule has 1 saturated heterocycles. The van der Waals surface area contributed by atoms with Gasteiger partial charge in [-0.1, -0.05) is 19.9 Å². The molecule has 1 aliphatic heterocycles. The zero-order chi connectivity index (χ0) is 17.5. The number of nitrogens with zero attached hydrogens (tertiary/aromatic N) is 2. The summed E-state index contributed by atoms with van der Waals surface area (Å²) in [6.07, 6.45) is 3.99. The fraction of sp³-hybridized carbons (Fsp3) is 0.579. The van der Waals surface area contributed by atoms with Crippen LogP contribution in [0.5, 0.6) is 0 Å². The molecule has 1 aliphatic rings. The van der Waals surface area contributed by atoms with Crippen LogP contribution in [-0.2, 0) is 16.1 Å². The number of carbonyl (C=O) groups is 2. The molecule has 0 bridgehead atoms. The van der Waals surface area contributed by atoms with Crippen molar-refractivity contribution in [2.75, 3.05) is 13.1 Å². The number of ketones is 1. The minimum Gasteiger partial charge on any atom is -0.346 e. The summed E-state index contributed by atoms with van der Waals surface area (Å²) in [7, 11) is 0. The average Bonchev–Trinajstić information content (AvgIpc) is 2.67. The highest BCUT2D eigenvalue weighted by atomic mass is 16.2. The predicted octanol–water partition coefficient (Wildman–Crippen LogP) is 2.29. The van der Waals surface area contributed by atoms with Gasteiger partial charge >= 0.3 is 0 Å². The Balaban J connectivity index is 1.87. The lowest BCUT2D eigenvalue weighted by Gasteiger charge is -2.19. The van der Waals surface area contributed by atoms with Gasteiger partial charge in [-0.15, -0.1) is 0 Å². The first-order valence-electron chi connectivity index (χ1n) is 8.75. The standard InChI is InChI=1S/C19H28N3O2/c1-14(2)9-10-19(24)21-17-8-5-11-22(13-18(17)23)12-16-7-4-6-15(3)20-16/h4,6-7,10,14,17H,5,8-9,11-13H2,1-3H3,(H,21,24)/t17-/m0/s1. The lowest BCUT2D eigenvalue weighted by atomic mass is 10.1. The van der Waals surface area contributed by atoms with Crippen LogP contribution in [0.3, 0.4) is 0 Å². The Morgan fingerprint density at radius 3 is 2.96 bits per heavy atom. The van der Waals surface area contributed by atoms with E-state index in [2.05, 4.69) is 29.0 Å². The third-order valence-corrected chi connectivity index (χ3v) is 4.16. The van der Waals surface area contributed by atoms with Crippen molar-refractivity contribution in [2.24, 2.45) is 5.92 Å². The van der Waals surface area contributed by atoms with E-state index in [1.54, 1.807) is 6.42 Å². The smallest absolute Gasteiger partial charge is 0.224 e. The Morgan fingerprint density at radius 1 is 1.46 bits per heavy atom. The number of aryl methyl sites for hydroxylation is 1. The van der Waals surface area contributed by atoms with Crippen LogP contribution in [0.15, 0.2) is 18.2 Å². The maximum atomic E-state index is 12.5. The topological polar surface area (TPSA) is 62.3 Å². The maximum absolute atomic E-state index is 12.5. The van der Waals surface area contributed by atoms with E-state index in [1.165, 1.54) is 0 Å². The number of likely N-dealkylation sites (tertiary alicyclic amines) is 1. The molecule has 0 aromatic carbocycles. The normalized spacial score (nSPS) is 19.3. The molecule has 1 amide bonds. The van der Waals surface area contributed by atoms with Gasteiger partial charge in [-0.3, -0.25) is 19.5 Å². The molecule has 5 heteroatoms. The molecule has 1 N–H and O–H groups in total. The molecule has 1 aromatic rings. The summed E-state index contributed by atoms with van der Waals surface area (Å²) >= 11 is 0. The highest BCUT2D eigenvalue weighted by Crippen LogP contribution is 2.12. The molecule has 1 fully saturated rings. The Hall–Kier alpha value is -1.75. The summed E-state index contributed by atoms with van der Waals surface area (Å²) in [6, 6.07) is 5.58. The number of carbonyl (C=O) groups excluding carboxylic acids is 2. The number of pyridine rings is 1. The van der Waals surface area contributed by atoms with Crippen LogP contribution in [-0.4, -0.2) is 40.7 Å². The molecule has 24 heavy (non-hydrogen) atoms. The van der Waals surface area contributed by atoms with E-state index in [1.807, 2.05) is 25.1 Å². The minimum absolute atomic E-state index is 0.0893. The van der Waals surface area contributed by atoms with Gasteiger partial charge in [0.1, 0.15) is 0 Å². The number of aromatic nitrogens is 1. The van der Waals surface area contributed by atoms with Gasteiger partial charge in [-0.05, 0) is 50.8 Å². The van der Waals surface area contributed by atoms with Crippen LogP contribution in [0.4, 0.5) is 0 Å². The largest absolute Gasteiger partial charge is 0.346 e. The first-order valence-corrected chi connectivity index (χ1v) is 8.75. The fourth-order valence-electron chi connectivity index (χ4n) is 2.87. The number of Topliss-reactive ketones (excluding diaryl/α,β-unsaturated/α-hetero) is 1.